The van der Waals surface area contributed by atoms with Gasteiger partial charge in [0.15, 0.2) is 5.82 Å². The van der Waals surface area contributed by atoms with Crippen molar-refractivity contribution in [3.05, 3.63) is 108 Å². The normalized spacial score (nSPS) is 10.9. The van der Waals surface area contributed by atoms with Gasteiger partial charge in [0.05, 0.1) is 11.2 Å². The lowest BCUT2D eigenvalue weighted by atomic mass is 10.1. The first-order valence-corrected chi connectivity index (χ1v) is 10.3. The Morgan fingerprint density at radius 1 is 0.750 bits per heavy atom. The molecule has 2 heterocycles. The van der Waals surface area contributed by atoms with Gasteiger partial charge in [0.25, 0.3) is 0 Å². The lowest BCUT2D eigenvalue weighted by molar-refractivity contribution is 0.297. The van der Waals surface area contributed by atoms with Crippen molar-refractivity contribution in [3.63, 3.8) is 0 Å². The number of hydrogen-bond acceptors (Lipinski definition) is 6. The third kappa shape index (κ3) is 4.73. The first-order chi connectivity index (χ1) is 15.8. The molecule has 0 unspecified atom stereocenters. The Morgan fingerprint density at radius 3 is 2.47 bits per heavy atom. The molecule has 0 bridgehead atoms. The minimum Gasteiger partial charge on any atom is -0.489 e. The number of para-hydroxylation sites is 2. The van der Waals surface area contributed by atoms with E-state index in [1.807, 2.05) is 72.8 Å². The Kier molecular flexibility index (Phi) is 5.70. The number of ether oxygens (including phenoxy) is 2. The van der Waals surface area contributed by atoms with Crippen molar-refractivity contribution in [2.24, 2.45) is 0 Å². The van der Waals surface area contributed by atoms with Crippen molar-refractivity contribution in [1.29, 1.82) is 0 Å². The fraction of sp³-hybridized carbons (Fsp3) is 0.120. The standard InChI is InChI=1S/C25H21N5O2/c1-3-7-23-19(5-1)11-12-21(26-23)17-31-22-13-9-18(10-14-22)16-32-24-8-4-2-6-20(24)15-25-27-29-30-28-25/h1-14H,15-17H2,(H,27,28,29,30). The molecule has 0 fully saturated rings. The summed E-state index contributed by atoms with van der Waals surface area (Å²) < 4.78 is 12.0. The van der Waals surface area contributed by atoms with Crippen molar-refractivity contribution in [3.8, 4) is 11.5 Å². The number of tetrazole rings is 1. The van der Waals surface area contributed by atoms with E-state index in [1.54, 1.807) is 0 Å². The summed E-state index contributed by atoms with van der Waals surface area (Å²) in [6.07, 6.45) is 0.558. The van der Waals surface area contributed by atoms with Crippen LogP contribution in [0.3, 0.4) is 0 Å². The van der Waals surface area contributed by atoms with Gasteiger partial charge in [-0.15, -0.1) is 10.2 Å². The molecular weight excluding hydrogens is 402 g/mol. The highest BCUT2D eigenvalue weighted by atomic mass is 16.5. The Bertz CT molecular complexity index is 1300. The molecule has 0 aliphatic carbocycles. The second-order valence-corrected chi connectivity index (χ2v) is 7.33. The number of H-pyrrole nitrogens is 1. The van der Waals surface area contributed by atoms with E-state index in [1.165, 1.54) is 0 Å². The molecule has 158 valence electrons. The predicted octanol–water partition coefficient (Wildman–Crippen LogP) is 4.50. The molecule has 32 heavy (non-hydrogen) atoms. The topological polar surface area (TPSA) is 85.8 Å². The molecule has 0 aliphatic heterocycles. The molecule has 0 spiro atoms. The number of aromatic amines is 1. The van der Waals surface area contributed by atoms with Crippen molar-refractivity contribution in [2.75, 3.05) is 0 Å². The van der Waals surface area contributed by atoms with Gasteiger partial charge in [0.2, 0.25) is 0 Å². The first kappa shape index (κ1) is 19.7. The molecule has 3 aromatic carbocycles. The van der Waals surface area contributed by atoms with E-state index in [0.717, 1.165) is 39.2 Å². The van der Waals surface area contributed by atoms with Crippen LogP contribution in [0.4, 0.5) is 0 Å². The summed E-state index contributed by atoms with van der Waals surface area (Å²) >= 11 is 0. The average Bonchev–Trinajstić information content (AvgIpc) is 3.36. The predicted molar refractivity (Wildman–Crippen MR) is 120 cm³/mol. The molecular formula is C25H21N5O2. The fourth-order valence-electron chi connectivity index (χ4n) is 3.41. The summed E-state index contributed by atoms with van der Waals surface area (Å²) in [7, 11) is 0. The number of nitrogens with one attached hydrogen (secondary N) is 1. The van der Waals surface area contributed by atoms with E-state index in [4.69, 9.17) is 9.47 Å². The number of fused-ring (bicyclic) bond motifs is 1. The molecule has 1 N–H and O–H groups in total. The van der Waals surface area contributed by atoms with E-state index >= 15 is 0 Å². The van der Waals surface area contributed by atoms with Gasteiger partial charge in [0.1, 0.15) is 24.7 Å². The van der Waals surface area contributed by atoms with Crippen LogP contribution in [0.25, 0.3) is 10.9 Å². The Morgan fingerprint density at radius 2 is 1.59 bits per heavy atom. The number of hydrogen-bond donors (Lipinski definition) is 1. The number of rotatable bonds is 8. The van der Waals surface area contributed by atoms with Crippen molar-refractivity contribution in [2.45, 2.75) is 19.6 Å². The minimum absolute atomic E-state index is 0.421. The highest BCUT2D eigenvalue weighted by molar-refractivity contribution is 5.78. The molecule has 0 radical (unpaired) electrons. The molecule has 7 heteroatoms. The van der Waals surface area contributed by atoms with Gasteiger partial charge in [0, 0.05) is 17.4 Å². The summed E-state index contributed by atoms with van der Waals surface area (Å²) in [5, 5.41) is 15.2. The summed E-state index contributed by atoms with van der Waals surface area (Å²) in [5.74, 6) is 2.23. The van der Waals surface area contributed by atoms with E-state index < -0.39 is 0 Å². The third-order valence-electron chi connectivity index (χ3n) is 5.07. The van der Waals surface area contributed by atoms with Gasteiger partial charge < -0.3 is 9.47 Å². The molecule has 7 nitrogen and oxygen atoms in total. The maximum absolute atomic E-state index is 6.05. The van der Waals surface area contributed by atoms with Gasteiger partial charge in [-0.2, -0.15) is 5.21 Å². The SMILES string of the molecule is c1ccc(OCc2ccc(OCc3ccc4ccccc4n3)cc2)c(Cc2nn[nH]n2)c1. The van der Waals surface area contributed by atoms with Crippen molar-refractivity contribution >= 4 is 10.9 Å². The summed E-state index contributed by atoms with van der Waals surface area (Å²) in [5.41, 5.74) is 3.93. The minimum atomic E-state index is 0.421. The van der Waals surface area contributed by atoms with Crippen LogP contribution in [0.15, 0.2) is 84.9 Å². The molecule has 0 aliphatic rings. The summed E-state index contributed by atoms with van der Waals surface area (Å²) in [6, 6.07) is 27.9. The van der Waals surface area contributed by atoms with Gasteiger partial charge in [-0.3, -0.25) is 0 Å². The molecule has 2 aromatic heterocycles. The number of benzene rings is 3. The Hall–Kier alpha value is -4.26. The molecule has 5 aromatic rings. The second-order valence-electron chi connectivity index (χ2n) is 7.33. The van der Waals surface area contributed by atoms with Crippen LogP contribution in [0.5, 0.6) is 11.5 Å². The molecule has 0 amide bonds. The van der Waals surface area contributed by atoms with Crippen LogP contribution in [-0.4, -0.2) is 25.6 Å². The third-order valence-corrected chi connectivity index (χ3v) is 5.07. The Balaban J connectivity index is 1.18. The molecule has 5 rings (SSSR count). The van der Waals surface area contributed by atoms with Gasteiger partial charge >= 0.3 is 0 Å². The quantitative estimate of drug-likeness (QED) is 0.396. The van der Waals surface area contributed by atoms with Crippen molar-refractivity contribution in [1.82, 2.24) is 25.6 Å². The van der Waals surface area contributed by atoms with Crippen LogP contribution >= 0.6 is 0 Å². The molecule has 0 atom stereocenters. The maximum atomic E-state index is 6.05. The number of pyridine rings is 1. The van der Waals surface area contributed by atoms with Crippen LogP contribution in [0.2, 0.25) is 0 Å². The lowest BCUT2D eigenvalue weighted by Crippen LogP contribution is -2.01. The maximum Gasteiger partial charge on any atom is 0.179 e. The zero-order chi connectivity index (χ0) is 21.6. The highest BCUT2D eigenvalue weighted by Crippen LogP contribution is 2.22. The van der Waals surface area contributed by atoms with E-state index in [9.17, 15) is 0 Å². The first-order valence-electron chi connectivity index (χ1n) is 10.3. The largest absolute Gasteiger partial charge is 0.489 e. The zero-order valence-corrected chi connectivity index (χ0v) is 17.3. The summed E-state index contributed by atoms with van der Waals surface area (Å²) in [4.78, 5) is 4.65. The van der Waals surface area contributed by atoms with Crippen LogP contribution in [-0.2, 0) is 19.6 Å². The summed E-state index contributed by atoms with van der Waals surface area (Å²) in [6.45, 7) is 0.875. The van der Waals surface area contributed by atoms with Gasteiger partial charge in [-0.25, -0.2) is 4.98 Å². The van der Waals surface area contributed by atoms with Crippen LogP contribution < -0.4 is 9.47 Å². The van der Waals surface area contributed by atoms with E-state index in [2.05, 4.69) is 37.7 Å². The fourth-order valence-corrected chi connectivity index (χ4v) is 3.41. The molecule has 0 saturated heterocycles. The number of nitrogens with zero attached hydrogens (tertiary/aromatic N) is 4. The monoisotopic (exact) mass is 423 g/mol. The van der Waals surface area contributed by atoms with E-state index in [0.29, 0.717) is 25.5 Å². The van der Waals surface area contributed by atoms with Gasteiger partial charge in [-0.1, -0.05) is 59.8 Å². The average molecular weight is 423 g/mol. The van der Waals surface area contributed by atoms with Crippen molar-refractivity contribution < 1.29 is 9.47 Å². The van der Waals surface area contributed by atoms with Gasteiger partial charge in [-0.05, 0) is 35.9 Å². The Labute approximate surface area is 185 Å². The van der Waals surface area contributed by atoms with E-state index in [-0.39, 0.29) is 0 Å². The molecule has 0 saturated carbocycles. The smallest absolute Gasteiger partial charge is 0.179 e. The second kappa shape index (κ2) is 9.26. The van der Waals surface area contributed by atoms with Crippen LogP contribution in [0.1, 0.15) is 22.6 Å². The lowest BCUT2D eigenvalue weighted by Gasteiger charge is -2.11. The zero-order valence-electron chi connectivity index (χ0n) is 17.3. The highest BCUT2D eigenvalue weighted by Gasteiger charge is 2.08. The number of aromatic nitrogens is 5. The van der Waals surface area contributed by atoms with Crippen LogP contribution in [0, 0.1) is 0 Å².